The van der Waals surface area contributed by atoms with E-state index in [1.165, 1.54) is 69.0 Å². The highest BCUT2D eigenvalue weighted by atomic mass is 35.5. The van der Waals surface area contributed by atoms with E-state index in [4.69, 9.17) is 79.1 Å². The second kappa shape index (κ2) is 44.7. The number of benzene rings is 6. The van der Waals surface area contributed by atoms with Crippen LogP contribution in [0.1, 0.15) is 148 Å². The molecule has 16 heterocycles. The molecule has 24 rings (SSSR count). The lowest BCUT2D eigenvalue weighted by molar-refractivity contribution is -0.143. The van der Waals surface area contributed by atoms with Gasteiger partial charge in [-0.2, -0.15) is 0 Å². The van der Waals surface area contributed by atoms with Crippen molar-refractivity contribution in [2.24, 2.45) is 5.92 Å². The van der Waals surface area contributed by atoms with Gasteiger partial charge in [-0.15, -0.1) is 68.0 Å². The number of ether oxygens (including phenoxy) is 2. The van der Waals surface area contributed by atoms with Gasteiger partial charge in [0, 0.05) is 202 Å². The van der Waals surface area contributed by atoms with Crippen LogP contribution in [0.5, 0.6) is 0 Å². The molecule has 1 saturated heterocycles. The SMILES string of the molecule is COC(=O)C1C(=O)c2sc(-c3ccncc3)cc2C1c1ccc(Cl)cc1.O=C1CC(c2ccc(Cl)cc2)c2cc(N3CCOCC3)sc21.O=C1NCC(c2ccc(Cl)cc2)c2cc(-c3ccncc3)sc21.O=C1NCCCC(c2ccc(Cl)cc2)c2cc(-c3ccncc3)sc21.O=S1(=O)NC=C(c2ccc(Cl)cc2)c2cc(-c3ccncc3)sc21.O=S1(=O)NCC(O)(c2ccc(Cl)cc2)c2cc(-c3ccncc3)sc21. The number of methoxy groups -OCH3 is 1. The maximum absolute atomic E-state index is 13.0. The van der Waals surface area contributed by atoms with Crippen molar-refractivity contribution >= 4 is 198 Å². The van der Waals surface area contributed by atoms with Crippen LogP contribution >= 0.6 is 138 Å². The van der Waals surface area contributed by atoms with Crippen LogP contribution in [0.15, 0.2) is 319 Å². The minimum atomic E-state index is -3.65. The summed E-state index contributed by atoms with van der Waals surface area (Å²) in [6, 6.07) is 76.2. The Morgan fingerprint density at radius 3 is 1.35 bits per heavy atom. The van der Waals surface area contributed by atoms with Crippen molar-refractivity contribution in [1.29, 1.82) is 0 Å². The highest BCUT2D eigenvalue weighted by Crippen LogP contribution is 2.52. The first kappa shape index (κ1) is 102. The van der Waals surface area contributed by atoms with E-state index in [9.17, 15) is 45.9 Å². The van der Waals surface area contributed by atoms with Crippen LogP contribution in [-0.2, 0) is 39.9 Å². The van der Waals surface area contributed by atoms with Gasteiger partial charge < -0.3 is 30.1 Å². The predicted molar refractivity (Wildman–Crippen MR) is 579 cm³/mol. The number of anilines is 1. The van der Waals surface area contributed by atoms with Gasteiger partial charge in [0.05, 0.1) is 44.8 Å². The first-order valence-electron chi connectivity index (χ1n) is 45.6. The molecule has 0 saturated carbocycles. The van der Waals surface area contributed by atoms with Gasteiger partial charge in [-0.05, 0) is 266 Å². The monoisotopic (exact) mass is 2190 g/mol. The summed E-state index contributed by atoms with van der Waals surface area (Å²) in [5, 5.41) is 22.5. The van der Waals surface area contributed by atoms with Crippen molar-refractivity contribution in [2.45, 2.75) is 57.0 Å². The van der Waals surface area contributed by atoms with Crippen molar-refractivity contribution in [3.63, 3.8) is 0 Å². The van der Waals surface area contributed by atoms with E-state index < -0.39 is 37.5 Å². The molecule has 0 radical (unpaired) electrons. The van der Waals surface area contributed by atoms with Crippen molar-refractivity contribution in [3.05, 3.63) is 427 Å². The van der Waals surface area contributed by atoms with Crippen LogP contribution in [0.4, 0.5) is 5.00 Å². The Labute approximate surface area is 889 Å². The number of β-amino-alcohol motifs (C(OH)–C–C–N with tert-alkyl or cyclic N) is 1. The number of rotatable bonds is 13. The van der Waals surface area contributed by atoms with E-state index in [0.717, 1.165) is 171 Å². The lowest BCUT2D eigenvalue weighted by atomic mass is 9.85. The zero-order valence-electron chi connectivity index (χ0n) is 76.6. The fraction of sp³-hybridized carbons (Fsp3) is 0.156. The number of aliphatic hydroxyl groups is 1. The fourth-order valence-electron chi connectivity index (χ4n) is 18.1. The molecule has 11 aromatic heterocycles. The summed E-state index contributed by atoms with van der Waals surface area (Å²) < 4.78 is 65.4. The summed E-state index contributed by atoms with van der Waals surface area (Å²) in [5.41, 5.74) is 15.6. The number of aromatic nitrogens is 5. The molecule has 7 aliphatic rings. The van der Waals surface area contributed by atoms with Gasteiger partial charge in [-0.25, -0.2) is 21.6 Å². The summed E-state index contributed by atoms with van der Waals surface area (Å²) in [6.07, 6.45) is 21.3. The number of amides is 2. The van der Waals surface area contributed by atoms with Gasteiger partial charge in [-0.1, -0.05) is 142 Å². The molecule has 145 heavy (non-hydrogen) atoms. The lowest BCUT2D eigenvalue weighted by Crippen LogP contribution is -2.46. The Balaban J connectivity index is 0.000000110. The number of hydrogen-bond acceptors (Lipinski definition) is 24. The van der Waals surface area contributed by atoms with Crippen LogP contribution in [0.3, 0.4) is 0 Å². The number of esters is 1. The number of ketones is 2. The quantitative estimate of drug-likeness (QED) is 0.0529. The number of sulfonamides is 2. The Kier molecular flexibility index (Phi) is 31.3. The number of pyridine rings is 5. The Morgan fingerprint density at radius 2 is 0.855 bits per heavy atom. The molecule has 22 nitrogen and oxygen atoms in total. The number of nitrogens with zero attached hydrogens (tertiary/aromatic N) is 6. The van der Waals surface area contributed by atoms with Crippen LogP contribution in [0, 0.1) is 5.92 Å². The third-order valence-electron chi connectivity index (χ3n) is 25.4. The van der Waals surface area contributed by atoms with Crippen molar-refractivity contribution in [1.82, 2.24) is 45.0 Å². The van der Waals surface area contributed by atoms with Crippen LogP contribution in [0.2, 0.25) is 30.1 Å². The number of carbonyl (C=O) groups excluding carboxylic acids is 5. The van der Waals surface area contributed by atoms with Crippen LogP contribution < -0.4 is 25.0 Å². The van der Waals surface area contributed by atoms with E-state index in [1.54, 1.807) is 151 Å². The largest absolute Gasteiger partial charge is 0.468 e. The molecular formula is C109H84Cl6N10O12S8. The van der Waals surface area contributed by atoms with Crippen molar-refractivity contribution < 1.29 is 55.4 Å². The van der Waals surface area contributed by atoms with Crippen LogP contribution in [-0.4, -0.2) is 129 Å². The van der Waals surface area contributed by atoms with E-state index in [1.807, 2.05) is 146 Å². The summed E-state index contributed by atoms with van der Waals surface area (Å²) in [7, 11) is -5.87. The number of morpholine rings is 1. The molecule has 1 fully saturated rings. The second-order valence-corrected chi connectivity index (χ2v) is 47.1. The minimum absolute atomic E-state index is 0.00974. The smallest absolute Gasteiger partial charge is 0.317 e. The highest BCUT2D eigenvalue weighted by Gasteiger charge is 2.49. The topological polar surface area (TPSA) is 308 Å². The maximum Gasteiger partial charge on any atom is 0.317 e. The number of hydrogen-bond donors (Lipinski definition) is 5. The molecule has 2 amide bonds. The van der Waals surface area contributed by atoms with Crippen molar-refractivity contribution in [3.8, 4) is 52.2 Å². The molecule has 2 aliphatic carbocycles. The average molecular weight is 2200 g/mol. The molecule has 0 bridgehead atoms. The van der Waals surface area contributed by atoms with E-state index in [2.05, 4.69) is 80.2 Å². The summed E-state index contributed by atoms with van der Waals surface area (Å²) in [6.45, 7) is 4.52. The Hall–Kier alpha value is -12.1. The summed E-state index contributed by atoms with van der Waals surface area (Å²) >= 11 is 44.4. The standard InChI is InChI=1S/C20H17ClN2OS.C20H14ClNO3S.C18H13ClN2OS.C17H13ClN2O3S2.C17H11ClN2O2S2.C17H16ClNO2S/c21-15-5-3-13(4-6-15)16-2-1-9-23-20(24)19-17(16)12-18(25-19)14-7-10-22-11-8-14;1-25-20(24)17-16(12-2-4-13(21)5-3-12)14-10-15(26-19(14)18(17)23)11-6-8-22-9-7-11;19-13-3-1-11(2-4-13)15-10-21-18(22)17-14(15)9-16(23-17)12-5-7-20-8-6-12;18-13-3-1-12(2-4-13)17(21)10-20-25(22,23)16-14(17)9-15(24-16)11-5-7-19-8-6-11;18-13-3-1-11(2-4-13)15-10-20-24(21,22)17-14(15)9-16(23-17)12-5-7-19-8-6-12;18-12-3-1-11(2-4-12)13-9-15(20)17-14(13)10-16(22-17)19-5-7-21-8-6-19/h3-8,10-12,16H,1-2,9H2,(H,23,24);2-10,16-17H,1H3;1-9,15H,10H2,(H,21,22);1-9,20-21H,10H2;1-10,20H;1-4,10,13H,5-9H2. The lowest BCUT2D eigenvalue weighted by Gasteiger charge is -2.33. The molecule has 5 N–H and O–H groups in total. The number of nitrogens with one attached hydrogen (secondary N) is 4. The zero-order valence-corrected chi connectivity index (χ0v) is 87.6. The van der Waals surface area contributed by atoms with Crippen molar-refractivity contribution in [2.75, 3.05) is 57.9 Å². The van der Waals surface area contributed by atoms with Gasteiger partial charge in [0.25, 0.3) is 31.9 Å². The minimum Gasteiger partial charge on any atom is -0.468 e. The van der Waals surface area contributed by atoms with Crippen LogP contribution in [0.25, 0.3) is 57.8 Å². The molecule has 36 heteroatoms. The number of carbonyl (C=O) groups is 5. The summed E-state index contributed by atoms with van der Waals surface area (Å²) in [4.78, 5) is 92.9. The number of Topliss-reactive ketones (excluding diaryl/α,β-unsaturated/α-hetero) is 2. The predicted octanol–water partition coefficient (Wildman–Crippen LogP) is 25.1. The van der Waals surface area contributed by atoms with Gasteiger partial charge in [0.15, 0.2) is 11.6 Å². The molecule has 6 atom stereocenters. The van der Waals surface area contributed by atoms with Gasteiger partial charge in [0.1, 0.15) is 19.9 Å². The highest BCUT2D eigenvalue weighted by molar-refractivity contribution is 7.92. The third kappa shape index (κ3) is 22.4. The van der Waals surface area contributed by atoms with Gasteiger partial charge >= 0.3 is 5.97 Å². The van der Waals surface area contributed by atoms with E-state index in [-0.39, 0.29) is 57.8 Å². The number of halogens is 6. The Bertz CT molecular complexity index is 7910. The normalized spacial score (nSPS) is 18.5. The average Bonchev–Trinajstić information content (AvgIpc) is 1.62. The maximum atomic E-state index is 13.0. The second-order valence-electron chi connectivity index (χ2n) is 34.3. The first-order chi connectivity index (χ1) is 70.2. The summed E-state index contributed by atoms with van der Waals surface area (Å²) in [5.74, 6) is -1.07. The van der Waals surface area contributed by atoms with Gasteiger partial charge in [-0.3, -0.25) is 53.6 Å². The molecular weight excluding hydrogens is 2110 g/mol. The molecule has 0 spiro atoms. The third-order valence-corrected chi connectivity index (χ3v) is 37.9. The fourth-order valence-corrected chi connectivity index (χ4v) is 29.1. The number of fused-ring (bicyclic) bond motifs is 6. The molecule has 17 aromatic rings. The Morgan fingerprint density at radius 1 is 0.441 bits per heavy atom. The zero-order chi connectivity index (χ0) is 101. The molecule has 6 aromatic carbocycles. The molecule has 5 aliphatic heterocycles. The molecule has 732 valence electrons. The first-order valence-corrected chi connectivity index (χ1v) is 55.7. The number of thiophene rings is 6. The van der Waals surface area contributed by atoms with Gasteiger partial charge in [0.2, 0.25) is 0 Å². The van der Waals surface area contributed by atoms with E-state index in [0.29, 0.717) is 60.4 Å². The van der Waals surface area contributed by atoms with E-state index >= 15 is 0 Å². The molecule has 6 unspecified atom stereocenters.